The second-order valence-corrected chi connectivity index (χ2v) is 8.28. The van der Waals surface area contributed by atoms with Gasteiger partial charge in [-0.15, -0.1) is 10.2 Å². The zero-order chi connectivity index (χ0) is 20.5. The molecule has 1 amide bonds. The number of methoxy groups -OCH3 is 1. The average Bonchev–Trinajstić information content (AvgIpc) is 3.28. The highest BCUT2D eigenvalue weighted by Crippen LogP contribution is 2.30. The lowest BCUT2D eigenvalue weighted by atomic mass is 10.1. The second-order valence-electron chi connectivity index (χ2n) is 6.41. The first kappa shape index (κ1) is 19.5. The lowest BCUT2D eigenvalue weighted by Crippen LogP contribution is -2.14. The van der Waals surface area contributed by atoms with Crippen molar-refractivity contribution in [2.45, 2.75) is 20.3 Å². The fourth-order valence-corrected chi connectivity index (χ4v) is 4.52. The Morgan fingerprint density at radius 1 is 1.28 bits per heavy atom. The Morgan fingerprint density at radius 3 is 2.86 bits per heavy atom. The van der Waals surface area contributed by atoms with Gasteiger partial charge in [0.05, 0.1) is 12.7 Å². The first-order valence-corrected chi connectivity index (χ1v) is 10.6. The van der Waals surface area contributed by atoms with Crippen molar-refractivity contribution in [1.29, 1.82) is 0 Å². The Morgan fingerprint density at radius 2 is 2.10 bits per heavy atom. The van der Waals surface area contributed by atoms with Gasteiger partial charge in [-0.1, -0.05) is 46.3 Å². The molecule has 1 N–H and O–H groups in total. The predicted molar refractivity (Wildman–Crippen MR) is 117 cm³/mol. The SMILES string of the molecule is CCc1nnc2sc(-c3cccc(NC(=O)c4cc(Br)cc(C)c4OC)c3)nn12. The van der Waals surface area contributed by atoms with Gasteiger partial charge in [-0.25, -0.2) is 0 Å². The third-order valence-corrected chi connectivity index (χ3v) is 5.83. The summed E-state index contributed by atoms with van der Waals surface area (Å²) in [7, 11) is 1.56. The van der Waals surface area contributed by atoms with E-state index in [-0.39, 0.29) is 5.91 Å². The quantitative estimate of drug-likeness (QED) is 0.454. The summed E-state index contributed by atoms with van der Waals surface area (Å²) < 4.78 is 8.01. The highest BCUT2D eigenvalue weighted by Gasteiger charge is 2.17. The Balaban J connectivity index is 1.64. The molecular formula is C20H18BrN5O2S. The van der Waals surface area contributed by atoms with Gasteiger partial charge in [0.25, 0.3) is 5.91 Å². The molecule has 0 aliphatic heterocycles. The molecule has 0 radical (unpaired) electrons. The molecular weight excluding hydrogens is 454 g/mol. The van der Waals surface area contributed by atoms with Gasteiger partial charge in [-0.05, 0) is 36.8 Å². The third-order valence-electron chi connectivity index (χ3n) is 4.43. The minimum atomic E-state index is -0.241. The molecule has 0 atom stereocenters. The van der Waals surface area contributed by atoms with E-state index in [9.17, 15) is 4.79 Å². The normalized spacial score (nSPS) is 11.0. The summed E-state index contributed by atoms with van der Waals surface area (Å²) in [6.45, 7) is 3.92. The summed E-state index contributed by atoms with van der Waals surface area (Å²) in [4.78, 5) is 13.6. The summed E-state index contributed by atoms with van der Waals surface area (Å²) >= 11 is 4.90. The van der Waals surface area contributed by atoms with E-state index < -0.39 is 0 Å². The molecule has 4 aromatic rings. The lowest BCUT2D eigenvalue weighted by Gasteiger charge is -2.13. The molecule has 29 heavy (non-hydrogen) atoms. The summed E-state index contributed by atoms with van der Waals surface area (Å²) in [6, 6.07) is 11.2. The number of aryl methyl sites for hydroxylation is 2. The zero-order valence-electron chi connectivity index (χ0n) is 16.1. The largest absolute Gasteiger partial charge is 0.496 e. The molecule has 0 aliphatic rings. The number of nitrogens with one attached hydrogen (secondary N) is 1. The minimum absolute atomic E-state index is 0.241. The van der Waals surface area contributed by atoms with Crippen molar-refractivity contribution >= 4 is 43.8 Å². The molecule has 0 aliphatic carbocycles. The first-order valence-electron chi connectivity index (χ1n) is 8.97. The van der Waals surface area contributed by atoms with Crippen molar-refractivity contribution in [3.05, 3.63) is 57.8 Å². The fourth-order valence-electron chi connectivity index (χ4n) is 3.09. The van der Waals surface area contributed by atoms with Crippen molar-refractivity contribution in [2.24, 2.45) is 0 Å². The van der Waals surface area contributed by atoms with E-state index in [1.54, 1.807) is 17.7 Å². The van der Waals surface area contributed by atoms with Crippen molar-refractivity contribution in [1.82, 2.24) is 19.8 Å². The molecule has 0 saturated carbocycles. The van der Waals surface area contributed by atoms with E-state index in [1.165, 1.54) is 11.3 Å². The smallest absolute Gasteiger partial charge is 0.259 e. The molecule has 4 rings (SSSR count). The molecule has 0 bridgehead atoms. The second kappa shape index (κ2) is 7.92. The van der Waals surface area contributed by atoms with Crippen LogP contribution in [0.2, 0.25) is 0 Å². The van der Waals surface area contributed by atoms with E-state index in [0.717, 1.165) is 37.8 Å². The molecule has 0 fully saturated rings. The van der Waals surface area contributed by atoms with E-state index in [2.05, 4.69) is 36.5 Å². The Kier molecular flexibility index (Phi) is 5.33. The molecule has 0 unspecified atom stereocenters. The molecule has 148 valence electrons. The summed E-state index contributed by atoms with van der Waals surface area (Å²) in [5.41, 5.74) is 2.93. The van der Waals surface area contributed by atoms with Gasteiger partial charge < -0.3 is 10.1 Å². The standard InChI is InChI=1S/C20H18BrN5O2S/c1-4-16-23-24-20-26(16)25-19(29-20)12-6-5-7-14(9-12)22-18(27)15-10-13(21)8-11(2)17(15)28-3/h5-10H,4H2,1-3H3,(H,22,27). The summed E-state index contributed by atoms with van der Waals surface area (Å²) in [6.07, 6.45) is 0.758. The Bertz CT molecular complexity index is 1220. The van der Waals surface area contributed by atoms with E-state index in [0.29, 0.717) is 17.0 Å². The maximum atomic E-state index is 12.9. The molecule has 2 aromatic heterocycles. The predicted octanol–water partition coefficient (Wildman–Crippen LogP) is 4.75. The van der Waals surface area contributed by atoms with Crippen LogP contribution in [0, 0.1) is 6.92 Å². The van der Waals surface area contributed by atoms with Crippen LogP contribution in [0.4, 0.5) is 5.69 Å². The van der Waals surface area contributed by atoms with Gasteiger partial charge in [-0.2, -0.15) is 9.61 Å². The van der Waals surface area contributed by atoms with Crippen LogP contribution in [0.5, 0.6) is 5.75 Å². The lowest BCUT2D eigenvalue weighted by molar-refractivity contribution is 0.102. The van der Waals surface area contributed by atoms with Crippen molar-refractivity contribution < 1.29 is 9.53 Å². The zero-order valence-corrected chi connectivity index (χ0v) is 18.5. The maximum absolute atomic E-state index is 12.9. The van der Waals surface area contributed by atoms with Crippen LogP contribution in [-0.4, -0.2) is 32.8 Å². The number of benzene rings is 2. The number of nitrogens with zero attached hydrogens (tertiary/aromatic N) is 4. The van der Waals surface area contributed by atoms with Crippen molar-refractivity contribution in [3.63, 3.8) is 0 Å². The molecule has 7 nitrogen and oxygen atoms in total. The molecule has 2 heterocycles. The van der Waals surface area contributed by atoms with Gasteiger partial charge in [0, 0.05) is 22.1 Å². The van der Waals surface area contributed by atoms with Crippen molar-refractivity contribution in [3.8, 4) is 16.3 Å². The van der Waals surface area contributed by atoms with Gasteiger partial charge in [0.2, 0.25) is 4.96 Å². The number of ether oxygens (including phenoxy) is 1. The molecule has 0 saturated heterocycles. The van der Waals surface area contributed by atoms with E-state index in [1.807, 2.05) is 44.2 Å². The van der Waals surface area contributed by atoms with Crippen LogP contribution in [0.15, 0.2) is 40.9 Å². The topological polar surface area (TPSA) is 81.4 Å². The first-order chi connectivity index (χ1) is 14.0. The number of hydrogen-bond acceptors (Lipinski definition) is 6. The van der Waals surface area contributed by atoms with Crippen LogP contribution in [0.1, 0.15) is 28.7 Å². The Labute approximate surface area is 179 Å². The van der Waals surface area contributed by atoms with Crippen LogP contribution in [0.3, 0.4) is 0 Å². The molecule has 2 aromatic carbocycles. The Hall–Kier alpha value is -2.78. The number of carbonyl (C=O) groups excluding carboxylic acids is 1. The monoisotopic (exact) mass is 471 g/mol. The number of hydrogen-bond donors (Lipinski definition) is 1. The van der Waals surface area contributed by atoms with Crippen molar-refractivity contribution in [2.75, 3.05) is 12.4 Å². The number of aromatic nitrogens is 4. The number of rotatable bonds is 5. The minimum Gasteiger partial charge on any atom is -0.496 e. The highest BCUT2D eigenvalue weighted by atomic mass is 79.9. The van der Waals surface area contributed by atoms with Crippen LogP contribution in [0.25, 0.3) is 15.5 Å². The number of amides is 1. The van der Waals surface area contributed by atoms with Crippen LogP contribution >= 0.6 is 27.3 Å². The average molecular weight is 472 g/mol. The van der Waals surface area contributed by atoms with Crippen LogP contribution < -0.4 is 10.1 Å². The van der Waals surface area contributed by atoms with Gasteiger partial charge >= 0.3 is 0 Å². The van der Waals surface area contributed by atoms with Gasteiger partial charge in [-0.3, -0.25) is 4.79 Å². The summed E-state index contributed by atoms with van der Waals surface area (Å²) in [5, 5.41) is 16.7. The molecule has 0 spiro atoms. The maximum Gasteiger partial charge on any atom is 0.259 e. The number of carbonyl (C=O) groups is 1. The highest BCUT2D eigenvalue weighted by molar-refractivity contribution is 9.10. The number of anilines is 1. The summed E-state index contributed by atoms with van der Waals surface area (Å²) in [5.74, 6) is 1.14. The fraction of sp³-hybridized carbons (Fsp3) is 0.200. The van der Waals surface area contributed by atoms with E-state index >= 15 is 0 Å². The van der Waals surface area contributed by atoms with Crippen LogP contribution in [-0.2, 0) is 6.42 Å². The van der Waals surface area contributed by atoms with E-state index in [4.69, 9.17) is 4.74 Å². The number of halogens is 1. The van der Waals surface area contributed by atoms with Gasteiger partial charge in [0.1, 0.15) is 10.8 Å². The molecule has 9 heteroatoms. The van der Waals surface area contributed by atoms with Gasteiger partial charge in [0.15, 0.2) is 5.82 Å². The number of fused-ring (bicyclic) bond motifs is 1. The third kappa shape index (κ3) is 3.75.